The van der Waals surface area contributed by atoms with Crippen LogP contribution in [0, 0.1) is 0 Å². The van der Waals surface area contributed by atoms with Gasteiger partial charge in [0.25, 0.3) is 5.91 Å². The third kappa shape index (κ3) is 6.27. The van der Waals surface area contributed by atoms with Crippen LogP contribution in [-0.4, -0.2) is 22.0 Å². The number of carbonyl (C=O) groups excluding carboxylic acids is 2. The maximum atomic E-state index is 12.5. The highest BCUT2D eigenvalue weighted by Crippen LogP contribution is 2.19. The number of anilines is 1. The molecule has 0 spiro atoms. The summed E-state index contributed by atoms with van der Waals surface area (Å²) in [6.07, 6.45) is 0.530. The molecule has 0 bridgehead atoms. The summed E-state index contributed by atoms with van der Waals surface area (Å²) in [7, 11) is 0. The van der Waals surface area contributed by atoms with Gasteiger partial charge in [-0.1, -0.05) is 47.1 Å². The Morgan fingerprint density at radius 3 is 2.52 bits per heavy atom. The molecule has 166 valence electrons. The molecule has 0 fully saturated rings. The minimum atomic E-state index is -0.206. The van der Waals surface area contributed by atoms with Crippen molar-refractivity contribution in [3.63, 3.8) is 0 Å². The summed E-state index contributed by atoms with van der Waals surface area (Å²) in [4.78, 5) is 29.0. The molecule has 2 N–H and O–H groups in total. The minimum Gasteiger partial charge on any atom is -0.352 e. The van der Waals surface area contributed by atoms with E-state index in [1.165, 1.54) is 0 Å². The van der Waals surface area contributed by atoms with Crippen LogP contribution in [0.3, 0.4) is 0 Å². The number of rotatable bonds is 8. The van der Waals surface area contributed by atoms with Gasteiger partial charge in [-0.15, -0.1) is 0 Å². The molecule has 1 heterocycles. The van der Waals surface area contributed by atoms with Crippen molar-refractivity contribution in [2.24, 2.45) is 0 Å². The van der Waals surface area contributed by atoms with Crippen molar-refractivity contribution in [3.8, 4) is 11.4 Å². The van der Waals surface area contributed by atoms with Gasteiger partial charge in [-0.05, 0) is 54.1 Å². The van der Waals surface area contributed by atoms with Crippen LogP contribution in [0.25, 0.3) is 11.4 Å². The third-order valence-corrected chi connectivity index (χ3v) is 5.10. The molecule has 4 aromatic rings. The molecule has 0 atom stereocenters. The number of benzene rings is 3. The molecule has 3 aromatic carbocycles. The molecule has 0 aliphatic rings. The van der Waals surface area contributed by atoms with Crippen molar-refractivity contribution in [3.05, 3.63) is 101 Å². The van der Waals surface area contributed by atoms with E-state index >= 15 is 0 Å². The van der Waals surface area contributed by atoms with Crippen LogP contribution in [0.2, 0.25) is 5.02 Å². The van der Waals surface area contributed by atoms with Gasteiger partial charge in [0.2, 0.25) is 17.6 Å². The highest BCUT2D eigenvalue weighted by Gasteiger charge is 2.11. The van der Waals surface area contributed by atoms with Crippen molar-refractivity contribution in [2.75, 3.05) is 5.32 Å². The molecule has 7 nitrogen and oxygen atoms in total. The molecule has 33 heavy (non-hydrogen) atoms. The lowest BCUT2D eigenvalue weighted by atomic mass is 10.1. The van der Waals surface area contributed by atoms with Crippen LogP contribution in [-0.2, 0) is 17.8 Å². The van der Waals surface area contributed by atoms with Gasteiger partial charge < -0.3 is 15.2 Å². The summed E-state index contributed by atoms with van der Waals surface area (Å²) in [5.41, 5.74) is 2.86. The predicted octanol–water partition coefficient (Wildman–Crippen LogP) is 4.89. The lowest BCUT2D eigenvalue weighted by Gasteiger charge is -2.08. The normalized spacial score (nSPS) is 10.6. The van der Waals surface area contributed by atoms with Gasteiger partial charge >= 0.3 is 0 Å². The first kappa shape index (κ1) is 22.2. The summed E-state index contributed by atoms with van der Waals surface area (Å²) in [5, 5.41) is 10.3. The first-order valence-electron chi connectivity index (χ1n) is 10.4. The van der Waals surface area contributed by atoms with E-state index in [9.17, 15) is 9.59 Å². The van der Waals surface area contributed by atoms with Gasteiger partial charge in [0.15, 0.2) is 0 Å². The molecule has 1 aromatic heterocycles. The Kier molecular flexibility index (Phi) is 7.12. The first-order valence-corrected chi connectivity index (χ1v) is 10.8. The second-order valence-corrected chi connectivity index (χ2v) is 7.75. The second-order valence-electron chi connectivity index (χ2n) is 7.32. The molecule has 0 saturated carbocycles. The highest BCUT2D eigenvalue weighted by atomic mass is 35.5. The van der Waals surface area contributed by atoms with Crippen LogP contribution < -0.4 is 10.6 Å². The van der Waals surface area contributed by atoms with Crippen molar-refractivity contribution >= 4 is 29.1 Å². The van der Waals surface area contributed by atoms with Gasteiger partial charge in [0, 0.05) is 41.2 Å². The fourth-order valence-electron chi connectivity index (χ4n) is 3.13. The second kappa shape index (κ2) is 10.6. The van der Waals surface area contributed by atoms with Crippen LogP contribution in [0.5, 0.6) is 0 Å². The number of nitrogens with zero attached hydrogens (tertiary/aromatic N) is 2. The number of aryl methyl sites for hydroxylation is 1. The highest BCUT2D eigenvalue weighted by molar-refractivity contribution is 6.30. The van der Waals surface area contributed by atoms with Crippen molar-refractivity contribution in [1.82, 2.24) is 15.5 Å². The Labute approximate surface area is 195 Å². The monoisotopic (exact) mass is 460 g/mol. The topological polar surface area (TPSA) is 97.1 Å². The Balaban J connectivity index is 1.26. The lowest BCUT2D eigenvalue weighted by Crippen LogP contribution is -2.23. The fourth-order valence-corrected chi connectivity index (χ4v) is 3.26. The molecule has 4 rings (SSSR count). The Morgan fingerprint density at radius 1 is 0.939 bits per heavy atom. The molecular weight excluding hydrogens is 440 g/mol. The standard InChI is InChI=1S/C25H21ClN4O3/c26-20-11-9-18(10-12-20)24-29-23(33-30-24)14-13-22(31)27-16-17-5-4-6-19(15-17)25(32)28-21-7-2-1-3-8-21/h1-12,15H,13-14,16H2,(H,27,31)(H,28,32). The van der Waals surface area contributed by atoms with Crippen LogP contribution in [0.1, 0.15) is 28.2 Å². The third-order valence-electron chi connectivity index (χ3n) is 4.85. The zero-order valence-electron chi connectivity index (χ0n) is 17.6. The van der Waals surface area contributed by atoms with Crippen LogP contribution >= 0.6 is 11.6 Å². The molecule has 0 saturated heterocycles. The largest absolute Gasteiger partial charge is 0.352 e. The number of amides is 2. The number of para-hydroxylation sites is 1. The first-order chi connectivity index (χ1) is 16.1. The number of nitrogens with one attached hydrogen (secondary N) is 2. The van der Waals surface area contributed by atoms with E-state index in [2.05, 4.69) is 20.8 Å². The number of halogens is 1. The maximum absolute atomic E-state index is 12.5. The molecule has 0 aliphatic heterocycles. The number of carbonyl (C=O) groups is 2. The maximum Gasteiger partial charge on any atom is 0.255 e. The number of hydrogen-bond acceptors (Lipinski definition) is 5. The van der Waals surface area contributed by atoms with E-state index in [4.69, 9.17) is 16.1 Å². The lowest BCUT2D eigenvalue weighted by molar-refractivity contribution is -0.121. The zero-order valence-corrected chi connectivity index (χ0v) is 18.4. The van der Waals surface area contributed by atoms with E-state index in [0.717, 1.165) is 16.8 Å². The minimum absolute atomic E-state index is 0.152. The fraction of sp³-hybridized carbons (Fsp3) is 0.120. The molecule has 0 unspecified atom stereocenters. The number of aromatic nitrogens is 2. The SMILES string of the molecule is O=C(CCc1nc(-c2ccc(Cl)cc2)no1)NCc1cccc(C(=O)Nc2ccccc2)c1. The Bertz CT molecular complexity index is 1240. The average molecular weight is 461 g/mol. The molecule has 8 heteroatoms. The smallest absolute Gasteiger partial charge is 0.255 e. The van der Waals surface area contributed by atoms with E-state index in [0.29, 0.717) is 35.3 Å². The van der Waals surface area contributed by atoms with Gasteiger partial charge in [0.05, 0.1) is 0 Å². The molecule has 2 amide bonds. The van der Waals surface area contributed by atoms with E-state index in [1.807, 2.05) is 36.4 Å². The van der Waals surface area contributed by atoms with E-state index in [1.54, 1.807) is 42.5 Å². The van der Waals surface area contributed by atoms with Crippen molar-refractivity contribution in [1.29, 1.82) is 0 Å². The van der Waals surface area contributed by atoms with E-state index < -0.39 is 0 Å². The average Bonchev–Trinajstić information content (AvgIpc) is 3.32. The quantitative estimate of drug-likeness (QED) is 0.390. The van der Waals surface area contributed by atoms with Gasteiger partial charge in [-0.25, -0.2) is 0 Å². The summed E-state index contributed by atoms with van der Waals surface area (Å²) >= 11 is 5.89. The summed E-state index contributed by atoms with van der Waals surface area (Å²) in [6, 6.07) is 23.5. The van der Waals surface area contributed by atoms with Crippen molar-refractivity contribution < 1.29 is 14.1 Å². The van der Waals surface area contributed by atoms with Gasteiger partial charge in [-0.2, -0.15) is 4.98 Å². The molecule has 0 aliphatic carbocycles. The summed E-state index contributed by atoms with van der Waals surface area (Å²) in [6.45, 7) is 0.311. The Hall–Kier alpha value is -3.97. The van der Waals surface area contributed by atoms with Crippen LogP contribution in [0.15, 0.2) is 83.4 Å². The summed E-state index contributed by atoms with van der Waals surface area (Å²) in [5.74, 6) is 0.477. The molecule has 0 radical (unpaired) electrons. The summed E-state index contributed by atoms with van der Waals surface area (Å²) < 4.78 is 5.23. The molecular formula is C25H21ClN4O3. The van der Waals surface area contributed by atoms with Crippen LogP contribution in [0.4, 0.5) is 5.69 Å². The number of hydrogen-bond donors (Lipinski definition) is 2. The zero-order chi connectivity index (χ0) is 23.0. The predicted molar refractivity (Wildman–Crippen MR) is 126 cm³/mol. The Morgan fingerprint density at radius 2 is 1.73 bits per heavy atom. The van der Waals surface area contributed by atoms with Gasteiger partial charge in [-0.3, -0.25) is 9.59 Å². The van der Waals surface area contributed by atoms with E-state index in [-0.39, 0.29) is 18.2 Å². The van der Waals surface area contributed by atoms with Gasteiger partial charge in [0.1, 0.15) is 0 Å². The van der Waals surface area contributed by atoms with Crippen molar-refractivity contribution in [2.45, 2.75) is 19.4 Å².